The predicted octanol–water partition coefficient (Wildman–Crippen LogP) is 5.01. The maximum Gasteiger partial charge on any atom is 0.255 e. The van der Waals surface area contributed by atoms with Gasteiger partial charge in [-0.15, -0.1) is 0 Å². The van der Waals surface area contributed by atoms with Crippen LogP contribution in [-0.2, 0) is 6.54 Å². The Morgan fingerprint density at radius 1 is 1.06 bits per heavy atom. The topological polar surface area (TPSA) is 50.2 Å². The summed E-state index contributed by atoms with van der Waals surface area (Å²) < 4.78 is 1.85. The van der Waals surface area contributed by atoms with Crippen molar-refractivity contribution in [2.24, 2.45) is 0 Å². The molecule has 5 nitrogen and oxygen atoms in total. The highest BCUT2D eigenvalue weighted by molar-refractivity contribution is 6.31. The summed E-state index contributed by atoms with van der Waals surface area (Å²) in [5.74, 6) is -0.0894. The SMILES string of the molecule is CCN(CC)C(CNC(=O)c1c(C)nn(Cc2ccccc2Cl)c1C)c1ccccc1. The minimum atomic E-state index is -0.0894. The first-order valence-corrected chi connectivity index (χ1v) is 11.2. The molecule has 1 N–H and O–H groups in total. The molecule has 0 aliphatic carbocycles. The summed E-state index contributed by atoms with van der Waals surface area (Å²) in [5, 5.41) is 8.46. The minimum absolute atomic E-state index is 0.0894. The van der Waals surface area contributed by atoms with Gasteiger partial charge in [0.1, 0.15) is 0 Å². The molecule has 2 aromatic carbocycles. The van der Waals surface area contributed by atoms with Crippen LogP contribution in [0, 0.1) is 13.8 Å². The van der Waals surface area contributed by atoms with Crippen molar-refractivity contribution >= 4 is 17.5 Å². The summed E-state index contributed by atoms with van der Waals surface area (Å²) in [4.78, 5) is 15.5. The number of amides is 1. The standard InChI is InChI=1S/C25H31ClN4O/c1-5-29(6-2)23(20-12-8-7-9-13-20)16-27-25(31)24-18(3)28-30(19(24)4)17-21-14-10-11-15-22(21)26/h7-15,23H,5-6,16-17H2,1-4H3,(H,27,31). The second kappa shape index (κ2) is 10.6. The molecular weight excluding hydrogens is 408 g/mol. The first kappa shape index (κ1) is 23.0. The van der Waals surface area contributed by atoms with Crippen LogP contribution in [0.2, 0.25) is 5.02 Å². The lowest BCUT2D eigenvalue weighted by Crippen LogP contribution is -2.38. The van der Waals surface area contributed by atoms with Gasteiger partial charge in [0.2, 0.25) is 0 Å². The molecule has 1 amide bonds. The van der Waals surface area contributed by atoms with Gasteiger partial charge in [-0.1, -0.05) is 74.0 Å². The third kappa shape index (κ3) is 5.35. The van der Waals surface area contributed by atoms with Gasteiger partial charge in [-0.25, -0.2) is 0 Å². The highest BCUT2D eigenvalue weighted by Crippen LogP contribution is 2.22. The second-order valence-corrected chi connectivity index (χ2v) is 8.06. The zero-order chi connectivity index (χ0) is 22.4. The smallest absolute Gasteiger partial charge is 0.255 e. The van der Waals surface area contributed by atoms with E-state index in [1.54, 1.807) is 0 Å². The Morgan fingerprint density at radius 2 is 1.71 bits per heavy atom. The van der Waals surface area contributed by atoms with Crippen LogP contribution in [0.15, 0.2) is 54.6 Å². The quantitative estimate of drug-likeness (QED) is 0.510. The fourth-order valence-electron chi connectivity index (χ4n) is 4.04. The van der Waals surface area contributed by atoms with Gasteiger partial charge in [0.05, 0.1) is 23.8 Å². The minimum Gasteiger partial charge on any atom is -0.350 e. The summed E-state index contributed by atoms with van der Waals surface area (Å²) >= 11 is 6.31. The molecule has 3 aromatic rings. The van der Waals surface area contributed by atoms with Crippen molar-refractivity contribution in [2.45, 2.75) is 40.3 Å². The predicted molar refractivity (Wildman–Crippen MR) is 127 cm³/mol. The maximum absolute atomic E-state index is 13.1. The molecule has 0 aliphatic heterocycles. The zero-order valence-electron chi connectivity index (χ0n) is 18.7. The molecule has 31 heavy (non-hydrogen) atoms. The average Bonchev–Trinajstić information content (AvgIpc) is 3.06. The van der Waals surface area contributed by atoms with Crippen molar-refractivity contribution in [1.29, 1.82) is 0 Å². The molecule has 0 saturated carbocycles. The number of nitrogens with one attached hydrogen (secondary N) is 1. The summed E-state index contributed by atoms with van der Waals surface area (Å²) in [6.45, 7) is 11.0. The van der Waals surface area contributed by atoms with E-state index in [0.717, 1.165) is 30.0 Å². The Balaban J connectivity index is 1.78. The lowest BCUT2D eigenvalue weighted by atomic mass is 10.0. The van der Waals surface area contributed by atoms with Gasteiger partial charge in [-0.05, 0) is 44.1 Å². The van der Waals surface area contributed by atoms with E-state index in [1.807, 2.05) is 61.0 Å². The van der Waals surface area contributed by atoms with Crippen LogP contribution in [0.5, 0.6) is 0 Å². The monoisotopic (exact) mass is 438 g/mol. The molecule has 0 bridgehead atoms. The summed E-state index contributed by atoms with van der Waals surface area (Å²) in [5.41, 5.74) is 4.38. The van der Waals surface area contributed by atoms with Gasteiger partial charge >= 0.3 is 0 Å². The fraction of sp³-hybridized carbons (Fsp3) is 0.360. The lowest BCUT2D eigenvalue weighted by Gasteiger charge is -2.30. The number of carbonyl (C=O) groups excluding carboxylic acids is 1. The van der Waals surface area contributed by atoms with E-state index in [2.05, 4.69) is 41.3 Å². The van der Waals surface area contributed by atoms with E-state index >= 15 is 0 Å². The molecule has 1 atom stereocenters. The number of nitrogens with zero attached hydrogens (tertiary/aromatic N) is 3. The number of halogens is 1. The molecule has 1 unspecified atom stereocenters. The summed E-state index contributed by atoms with van der Waals surface area (Å²) in [6, 6.07) is 18.2. The second-order valence-electron chi connectivity index (χ2n) is 7.65. The number of carbonyl (C=O) groups is 1. The van der Waals surface area contributed by atoms with Crippen LogP contribution in [0.4, 0.5) is 0 Å². The Labute approximate surface area is 190 Å². The molecule has 0 saturated heterocycles. The van der Waals surface area contributed by atoms with Crippen molar-refractivity contribution in [3.05, 3.63) is 87.7 Å². The number of aromatic nitrogens is 2. The number of hydrogen-bond donors (Lipinski definition) is 1. The van der Waals surface area contributed by atoms with Gasteiger partial charge < -0.3 is 5.32 Å². The third-order valence-corrected chi connectivity index (χ3v) is 6.15. The molecule has 164 valence electrons. The molecule has 0 aliphatic rings. The normalized spacial score (nSPS) is 12.2. The van der Waals surface area contributed by atoms with Crippen molar-refractivity contribution in [2.75, 3.05) is 19.6 Å². The molecule has 3 rings (SSSR count). The lowest BCUT2D eigenvalue weighted by molar-refractivity contribution is 0.0933. The van der Waals surface area contributed by atoms with Crippen molar-refractivity contribution in [3.8, 4) is 0 Å². The van der Waals surface area contributed by atoms with Crippen LogP contribution in [0.25, 0.3) is 0 Å². The number of rotatable bonds is 9. The van der Waals surface area contributed by atoms with Crippen molar-refractivity contribution < 1.29 is 4.79 Å². The molecule has 0 fully saturated rings. The molecule has 0 radical (unpaired) electrons. The number of benzene rings is 2. The van der Waals surface area contributed by atoms with Gasteiger partial charge in [0.15, 0.2) is 0 Å². The Bertz CT molecular complexity index is 1010. The van der Waals surface area contributed by atoms with Crippen LogP contribution in [-0.4, -0.2) is 40.2 Å². The zero-order valence-corrected chi connectivity index (χ0v) is 19.5. The van der Waals surface area contributed by atoms with Crippen molar-refractivity contribution in [3.63, 3.8) is 0 Å². The van der Waals surface area contributed by atoms with Gasteiger partial charge in [0, 0.05) is 17.3 Å². The van der Waals surface area contributed by atoms with Crippen LogP contribution >= 0.6 is 11.6 Å². The highest BCUT2D eigenvalue weighted by Gasteiger charge is 2.22. The first-order chi connectivity index (χ1) is 15.0. The van der Waals surface area contributed by atoms with E-state index in [1.165, 1.54) is 5.56 Å². The number of hydrogen-bond acceptors (Lipinski definition) is 3. The fourth-order valence-corrected chi connectivity index (χ4v) is 4.24. The van der Waals surface area contributed by atoms with E-state index in [9.17, 15) is 4.79 Å². The third-order valence-electron chi connectivity index (χ3n) is 5.78. The molecule has 0 spiro atoms. The Hall–Kier alpha value is -2.63. The maximum atomic E-state index is 13.1. The van der Waals surface area contributed by atoms with Gasteiger partial charge in [0.25, 0.3) is 5.91 Å². The molecule has 6 heteroatoms. The highest BCUT2D eigenvalue weighted by atomic mass is 35.5. The van der Waals surface area contributed by atoms with Crippen LogP contribution < -0.4 is 5.32 Å². The van der Waals surface area contributed by atoms with E-state index in [-0.39, 0.29) is 11.9 Å². The number of aryl methyl sites for hydroxylation is 1. The molecule has 1 heterocycles. The van der Waals surface area contributed by atoms with Crippen molar-refractivity contribution in [1.82, 2.24) is 20.0 Å². The first-order valence-electron chi connectivity index (χ1n) is 10.8. The van der Waals surface area contributed by atoms with Crippen LogP contribution in [0.3, 0.4) is 0 Å². The van der Waals surface area contributed by atoms with Gasteiger partial charge in [-0.3, -0.25) is 14.4 Å². The summed E-state index contributed by atoms with van der Waals surface area (Å²) in [6.07, 6.45) is 0. The Kier molecular flexibility index (Phi) is 7.88. The summed E-state index contributed by atoms with van der Waals surface area (Å²) in [7, 11) is 0. The van der Waals surface area contributed by atoms with E-state index in [0.29, 0.717) is 23.7 Å². The Morgan fingerprint density at radius 3 is 2.35 bits per heavy atom. The largest absolute Gasteiger partial charge is 0.350 e. The molecular formula is C25H31ClN4O. The number of likely N-dealkylation sites (N-methyl/N-ethyl adjacent to an activating group) is 1. The average molecular weight is 439 g/mol. The van der Waals surface area contributed by atoms with E-state index in [4.69, 9.17) is 11.6 Å². The van der Waals surface area contributed by atoms with Crippen LogP contribution in [0.1, 0.15) is 52.8 Å². The van der Waals surface area contributed by atoms with E-state index < -0.39 is 0 Å². The van der Waals surface area contributed by atoms with Gasteiger partial charge in [-0.2, -0.15) is 5.10 Å². The molecule has 1 aromatic heterocycles.